The molecule has 2 aliphatic rings. The van der Waals surface area contributed by atoms with E-state index in [9.17, 15) is 22.8 Å². The second kappa shape index (κ2) is 13.2. The van der Waals surface area contributed by atoms with Gasteiger partial charge in [-0.3, -0.25) is 14.5 Å². The van der Waals surface area contributed by atoms with Crippen LogP contribution in [-0.2, 0) is 16.8 Å². The van der Waals surface area contributed by atoms with E-state index in [1.807, 2.05) is 31.2 Å². The van der Waals surface area contributed by atoms with E-state index in [1.165, 1.54) is 11.0 Å². The van der Waals surface area contributed by atoms with E-state index >= 15 is 4.39 Å². The Labute approximate surface area is 269 Å². The first-order chi connectivity index (χ1) is 21.6. The second-order valence-corrected chi connectivity index (χ2v) is 14.0. The first kappa shape index (κ1) is 33.6. The lowest BCUT2D eigenvalue weighted by Crippen LogP contribution is -2.46. The maximum Gasteiger partial charge on any atom is 0.404 e. The number of hydrogen-bond acceptors (Lipinski definition) is 3. The molecule has 0 saturated carbocycles. The minimum Gasteiger partial charge on any atom is -0.331 e. The van der Waals surface area contributed by atoms with Gasteiger partial charge in [0, 0.05) is 25.3 Å². The summed E-state index contributed by atoms with van der Waals surface area (Å²) in [5, 5.41) is 3.06. The Morgan fingerprint density at radius 2 is 1.67 bits per heavy atom. The highest BCUT2D eigenvalue weighted by atomic mass is 19.4. The summed E-state index contributed by atoms with van der Waals surface area (Å²) < 4.78 is 56.2. The average molecular weight is 638 g/mol. The number of alkyl halides is 3. The summed E-state index contributed by atoms with van der Waals surface area (Å²) in [4.78, 5) is 31.0. The molecule has 3 aromatic carbocycles. The average Bonchev–Trinajstić information content (AvgIpc) is 3.37. The van der Waals surface area contributed by atoms with E-state index in [4.69, 9.17) is 0 Å². The van der Waals surface area contributed by atoms with Crippen LogP contribution in [-0.4, -0.2) is 46.9 Å². The van der Waals surface area contributed by atoms with E-state index in [0.717, 1.165) is 5.56 Å². The van der Waals surface area contributed by atoms with E-state index in [0.29, 0.717) is 48.3 Å². The van der Waals surface area contributed by atoms with Gasteiger partial charge in [-0.25, -0.2) is 4.39 Å². The molecule has 5 rings (SSSR count). The van der Waals surface area contributed by atoms with Crippen molar-refractivity contribution < 1.29 is 27.2 Å². The standard InChI is InChI=1S/C37H43F4N3O2/c1-23-19-31(37(39,40)41)43(21-23)22-25-14-16-26(17-15-25)33-29(34(45)42-28-11-7-10-27(20-28)36(3,4)5)12-8-18-44(33)35(46)32-24(2)9-6-13-30(32)38/h6-7,9-11,13-17,20,23,29,31,33H,8,12,18-19,21-22H2,1-5H3,(H,42,45)/t23-,29+,31?,33+/m1/s1. The Balaban J connectivity index is 1.47. The smallest absolute Gasteiger partial charge is 0.331 e. The van der Waals surface area contributed by atoms with E-state index in [-0.39, 0.29) is 35.8 Å². The second-order valence-electron chi connectivity index (χ2n) is 14.0. The lowest BCUT2D eigenvalue weighted by molar-refractivity contribution is -0.177. The van der Waals surface area contributed by atoms with Crippen molar-refractivity contribution in [1.29, 1.82) is 0 Å². The predicted molar refractivity (Wildman–Crippen MR) is 172 cm³/mol. The molecule has 2 amide bonds. The summed E-state index contributed by atoms with van der Waals surface area (Å²) in [6.07, 6.45) is -3.16. The maximum atomic E-state index is 15.0. The van der Waals surface area contributed by atoms with Crippen molar-refractivity contribution >= 4 is 17.5 Å². The Kier molecular flexibility index (Phi) is 9.64. The number of nitrogens with zero attached hydrogens (tertiary/aromatic N) is 2. The van der Waals surface area contributed by atoms with Crippen molar-refractivity contribution in [2.75, 3.05) is 18.4 Å². The highest BCUT2D eigenvalue weighted by Gasteiger charge is 2.48. The summed E-state index contributed by atoms with van der Waals surface area (Å²) in [7, 11) is 0. The van der Waals surface area contributed by atoms with E-state index < -0.39 is 35.9 Å². The fraction of sp³-hybridized carbons (Fsp3) is 0.459. The molecule has 4 atom stereocenters. The molecule has 0 aliphatic carbocycles. The zero-order valence-corrected chi connectivity index (χ0v) is 27.1. The molecule has 9 heteroatoms. The Bertz CT molecular complexity index is 1540. The van der Waals surface area contributed by atoms with Crippen molar-refractivity contribution in [2.45, 2.75) is 84.1 Å². The molecule has 2 fully saturated rings. The molecule has 2 aliphatic heterocycles. The van der Waals surface area contributed by atoms with Gasteiger partial charge in [-0.1, -0.05) is 76.2 Å². The van der Waals surface area contributed by atoms with Gasteiger partial charge in [0.1, 0.15) is 11.9 Å². The van der Waals surface area contributed by atoms with Crippen LogP contribution in [0, 0.1) is 24.6 Å². The molecule has 5 nitrogen and oxygen atoms in total. The number of halogens is 4. The van der Waals surface area contributed by atoms with Gasteiger partial charge in [-0.15, -0.1) is 0 Å². The molecule has 0 aromatic heterocycles. The van der Waals surface area contributed by atoms with Gasteiger partial charge in [-0.05, 0) is 78.0 Å². The van der Waals surface area contributed by atoms with E-state index in [2.05, 4.69) is 26.1 Å². The minimum atomic E-state index is -4.30. The third kappa shape index (κ3) is 7.30. The highest BCUT2D eigenvalue weighted by Crippen LogP contribution is 2.40. The quantitative estimate of drug-likeness (QED) is 0.276. The first-order valence-electron chi connectivity index (χ1n) is 16.0. The van der Waals surface area contributed by atoms with Crippen molar-refractivity contribution in [1.82, 2.24) is 9.80 Å². The van der Waals surface area contributed by atoms with Crippen LogP contribution in [0.2, 0.25) is 0 Å². The summed E-state index contributed by atoms with van der Waals surface area (Å²) in [6.45, 7) is 10.6. The summed E-state index contributed by atoms with van der Waals surface area (Å²) in [5.74, 6) is -2.05. The Hall–Kier alpha value is -3.72. The predicted octanol–water partition coefficient (Wildman–Crippen LogP) is 8.44. The SMILES string of the molecule is Cc1cccc(F)c1C(=O)N1CCC[C@H](C(=O)Nc2cccc(C(C)(C)C)c2)[C@@H]1c1ccc(CN2C[C@H](C)CC2C(F)(F)F)cc1. The normalized spacial score (nSPS) is 22.6. The summed E-state index contributed by atoms with van der Waals surface area (Å²) in [5.41, 5.74) is 3.46. The summed E-state index contributed by atoms with van der Waals surface area (Å²) >= 11 is 0. The van der Waals surface area contributed by atoms with Gasteiger partial charge >= 0.3 is 6.18 Å². The number of aryl methyl sites for hydroxylation is 1. The van der Waals surface area contributed by atoms with Gasteiger partial charge in [0.15, 0.2) is 0 Å². The van der Waals surface area contributed by atoms with Gasteiger partial charge in [-0.2, -0.15) is 13.2 Å². The highest BCUT2D eigenvalue weighted by molar-refractivity contribution is 5.98. The number of nitrogens with one attached hydrogen (secondary N) is 1. The van der Waals surface area contributed by atoms with Crippen LogP contribution < -0.4 is 5.32 Å². The molecular formula is C37H43F4N3O2. The Morgan fingerprint density at radius 3 is 2.33 bits per heavy atom. The first-order valence-corrected chi connectivity index (χ1v) is 16.0. The molecule has 1 N–H and O–H groups in total. The number of anilines is 1. The number of carbonyl (C=O) groups excluding carboxylic acids is 2. The van der Waals surface area contributed by atoms with Crippen LogP contribution in [0.3, 0.4) is 0 Å². The van der Waals surface area contributed by atoms with Gasteiger partial charge < -0.3 is 10.2 Å². The van der Waals surface area contributed by atoms with Crippen LogP contribution in [0.25, 0.3) is 0 Å². The molecule has 0 radical (unpaired) electrons. The van der Waals surface area contributed by atoms with Crippen molar-refractivity contribution in [3.05, 3.63) is 100 Å². The lowest BCUT2D eigenvalue weighted by atomic mass is 9.82. The molecule has 0 bridgehead atoms. The van der Waals surface area contributed by atoms with E-state index in [1.54, 1.807) is 48.2 Å². The topological polar surface area (TPSA) is 52.7 Å². The van der Waals surface area contributed by atoms with Crippen LogP contribution in [0.1, 0.15) is 85.6 Å². The molecule has 46 heavy (non-hydrogen) atoms. The van der Waals surface area contributed by atoms with Crippen LogP contribution in [0.15, 0.2) is 66.7 Å². The lowest BCUT2D eigenvalue weighted by Gasteiger charge is -2.41. The van der Waals surface area contributed by atoms with Crippen LogP contribution >= 0.6 is 0 Å². The van der Waals surface area contributed by atoms with Crippen molar-refractivity contribution in [2.24, 2.45) is 11.8 Å². The minimum absolute atomic E-state index is 0.0237. The van der Waals surface area contributed by atoms with Crippen LogP contribution in [0.5, 0.6) is 0 Å². The molecular weight excluding hydrogens is 594 g/mol. The number of piperidine rings is 1. The number of likely N-dealkylation sites (tertiary alicyclic amines) is 2. The number of carbonyl (C=O) groups is 2. The monoisotopic (exact) mass is 637 g/mol. The molecule has 246 valence electrons. The zero-order valence-electron chi connectivity index (χ0n) is 27.1. The largest absolute Gasteiger partial charge is 0.404 e. The maximum absolute atomic E-state index is 15.0. The van der Waals surface area contributed by atoms with Crippen molar-refractivity contribution in [3.63, 3.8) is 0 Å². The molecule has 2 saturated heterocycles. The fourth-order valence-corrected chi connectivity index (χ4v) is 6.96. The van der Waals surface area contributed by atoms with Crippen LogP contribution in [0.4, 0.5) is 23.2 Å². The molecule has 3 aromatic rings. The fourth-order valence-electron chi connectivity index (χ4n) is 6.96. The van der Waals surface area contributed by atoms with Crippen molar-refractivity contribution in [3.8, 4) is 0 Å². The molecule has 1 unspecified atom stereocenters. The third-order valence-electron chi connectivity index (χ3n) is 9.36. The van der Waals surface area contributed by atoms with Gasteiger partial charge in [0.05, 0.1) is 17.5 Å². The zero-order chi connectivity index (χ0) is 33.4. The number of rotatable bonds is 6. The molecule has 0 spiro atoms. The summed E-state index contributed by atoms with van der Waals surface area (Å²) in [6, 6.07) is 17.1. The van der Waals surface area contributed by atoms with Gasteiger partial charge in [0.2, 0.25) is 5.91 Å². The van der Waals surface area contributed by atoms with Gasteiger partial charge in [0.25, 0.3) is 5.91 Å². The molecule has 2 heterocycles. The number of hydrogen-bond donors (Lipinski definition) is 1. The number of benzene rings is 3. The Morgan fingerprint density at radius 1 is 0.978 bits per heavy atom. The third-order valence-corrected chi connectivity index (χ3v) is 9.36. The number of amides is 2.